The van der Waals surface area contributed by atoms with Crippen LogP contribution < -0.4 is 19.5 Å². The lowest BCUT2D eigenvalue weighted by Crippen LogP contribution is -2.29. The van der Waals surface area contributed by atoms with Crippen molar-refractivity contribution in [2.45, 2.75) is 23.3 Å². The van der Waals surface area contributed by atoms with Crippen LogP contribution in [0.3, 0.4) is 0 Å². The molecule has 0 saturated heterocycles. The Bertz CT molecular complexity index is 1370. The first-order chi connectivity index (χ1) is 16.4. The molecule has 0 radical (unpaired) electrons. The quantitative estimate of drug-likeness (QED) is 0.458. The van der Waals surface area contributed by atoms with Gasteiger partial charge in [-0.05, 0) is 54.3 Å². The molecule has 1 aliphatic carbocycles. The number of benzene rings is 3. The molecular weight excluding hydrogens is 455 g/mol. The summed E-state index contributed by atoms with van der Waals surface area (Å²) < 4.78 is 53.6. The van der Waals surface area contributed by atoms with Crippen LogP contribution >= 0.6 is 0 Å². The molecule has 0 fully saturated rings. The van der Waals surface area contributed by atoms with Gasteiger partial charge in [-0.15, -0.1) is 0 Å². The average molecular weight is 481 g/mol. The van der Waals surface area contributed by atoms with Gasteiger partial charge in [0.15, 0.2) is 11.5 Å². The van der Waals surface area contributed by atoms with Gasteiger partial charge in [-0.1, -0.05) is 36.4 Å². The third-order valence-corrected chi connectivity index (χ3v) is 7.89. The van der Waals surface area contributed by atoms with Gasteiger partial charge in [-0.25, -0.2) is 12.8 Å². The fraction of sp³-hybridized carbons (Fsp3) is 0.231. The number of nitrogens with one attached hydrogen (secondary N) is 2. The minimum atomic E-state index is -3.96. The number of hydrogen-bond acceptors (Lipinski definition) is 5. The van der Waals surface area contributed by atoms with Crippen LogP contribution in [0.4, 0.5) is 15.8 Å². The minimum Gasteiger partial charge on any atom is -0.493 e. The Morgan fingerprint density at radius 1 is 1.00 bits per heavy atom. The Morgan fingerprint density at radius 3 is 2.59 bits per heavy atom. The Hall–Kier alpha value is -3.52. The molecule has 1 heterocycles. The van der Waals surface area contributed by atoms with Gasteiger partial charge in [0.1, 0.15) is 5.82 Å². The summed E-state index contributed by atoms with van der Waals surface area (Å²) in [5.74, 6) is 0.923. The molecule has 6 nitrogen and oxygen atoms in total. The summed E-state index contributed by atoms with van der Waals surface area (Å²) in [4.78, 5) is 0.0905. The second-order valence-electron chi connectivity index (χ2n) is 8.39. The van der Waals surface area contributed by atoms with Crippen LogP contribution in [0.15, 0.2) is 77.7 Å². The van der Waals surface area contributed by atoms with Crippen molar-refractivity contribution < 1.29 is 22.3 Å². The number of halogens is 1. The van der Waals surface area contributed by atoms with Crippen LogP contribution in [0.25, 0.3) is 0 Å². The van der Waals surface area contributed by atoms with E-state index in [4.69, 9.17) is 9.47 Å². The van der Waals surface area contributed by atoms with Crippen LogP contribution in [0, 0.1) is 11.7 Å². The van der Waals surface area contributed by atoms with E-state index in [2.05, 4.69) is 22.2 Å². The van der Waals surface area contributed by atoms with E-state index < -0.39 is 15.8 Å². The fourth-order valence-electron chi connectivity index (χ4n) is 4.95. The summed E-state index contributed by atoms with van der Waals surface area (Å²) in [6.07, 6.45) is 5.10. The predicted octanol–water partition coefficient (Wildman–Crippen LogP) is 5.47. The molecule has 3 atom stereocenters. The Balaban J connectivity index is 1.52. The number of anilines is 2. The van der Waals surface area contributed by atoms with E-state index in [1.54, 1.807) is 32.4 Å². The highest BCUT2D eigenvalue weighted by Gasteiger charge is 2.40. The van der Waals surface area contributed by atoms with Crippen molar-refractivity contribution in [1.82, 2.24) is 0 Å². The summed E-state index contributed by atoms with van der Waals surface area (Å²) in [5, 5.41) is 3.60. The van der Waals surface area contributed by atoms with E-state index in [-0.39, 0.29) is 28.5 Å². The number of fused-ring (bicyclic) bond motifs is 3. The van der Waals surface area contributed by atoms with Crippen LogP contribution in [-0.2, 0) is 10.0 Å². The average Bonchev–Trinajstić information content (AvgIpc) is 3.34. The van der Waals surface area contributed by atoms with Crippen LogP contribution in [0.1, 0.15) is 29.5 Å². The van der Waals surface area contributed by atoms with Gasteiger partial charge in [0.2, 0.25) is 0 Å². The smallest absolute Gasteiger partial charge is 0.261 e. The molecule has 0 unspecified atom stereocenters. The van der Waals surface area contributed by atoms with Gasteiger partial charge in [0.25, 0.3) is 10.0 Å². The lowest BCUT2D eigenvalue weighted by atomic mass is 9.77. The van der Waals surface area contributed by atoms with Crippen molar-refractivity contribution in [3.05, 3.63) is 89.8 Å². The van der Waals surface area contributed by atoms with E-state index in [0.717, 1.165) is 23.2 Å². The van der Waals surface area contributed by atoms with Crippen LogP contribution in [-0.4, -0.2) is 22.6 Å². The number of para-hydroxylation sites is 2. The summed E-state index contributed by atoms with van der Waals surface area (Å²) in [6, 6.07) is 16.5. The Kier molecular flexibility index (Phi) is 5.69. The standard InChI is InChI=1S/C26H25FN2O4S/c1-32-24-12-6-9-19(26(24)33-2)25-18-8-5-7-17(18)20-15-16(13-14-22(20)28-25)34(30,31)29-23-11-4-3-10-21(23)27/h3-7,9-15,17-18,25,28-29H,8H2,1-2H3/t17-,18+,25+/m1/s1. The lowest BCUT2D eigenvalue weighted by Gasteiger charge is -2.38. The monoisotopic (exact) mass is 480 g/mol. The summed E-state index contributed by atoms with van der Waals surface area (Å²) >= 11 is 0. The molecule has 3 aromatic carbocycles. The van der Waals surface area contributed by atoms with Crippen molar-refractivity contribution in [2.75, 3.05) is 24.3 Å². The number of ether oxygens (including phenoxy) is 2. The molecule has 2 N–H and O–H groups in total. The van der Waals surface area contributed by atoms with Crippen LogP contribution in [0.2, 0.25) is 0 Å². The van der Waals surface area contributed by atoms with Gasteiger partial charge in [-0.2, -0.15) is 0 Å². The molecule has 0 saturated carbocycles. The molecule has 176 valence electrons. The molecule has 0 amide bonds. The first-order valence-corrected chi connectivity index (χ1v) is 12.5. The first-order valence-electron chi connectivity index (χ1n) is 11.0. The molecule has 2 aliphatic rings. The molecule has 0 aromatic heterocycles. The maximum atomic E-state index is 14.0. The van der Waals surface area contributed by atoms with Gasteiger partial charge in [0.05, 0.1) is 30.8 Å². The highest BCUT2D eigenvalue weighted by molar-refractivity contribution is 7.92. The summed E-state index contributed by atoms with van der Waals surface area (Å²) in [7, 11) is -0.721. The third-order valence-electron chi connectivity index (χ3n) is 6.53. The molecule has 8 heteroatoms. The normalized spacial score (nSPS) is 20.7. The first kappa shape index (κ1) is 22.3. The van der Waals surface area contributed by atoms with E-state index >= 15 is 0 Å². The second kappa shape index (κ2) is 8.68. The van der Waals surface area contributed by atoms with Crippen LogP contribution in [0.5, 0.6) is 11.5 Å². The van der Waals surface area contributed by atoms with Crippen molar-refractivity contribution in [1.29, 1.82) is 0 Å². The van der Waals surface area contributed by atoms with Gasteiger partial charge < -0.3 is 14.8 Å². The van der Waals surface area contributed by atoms with Crippen molar-refractivity contribution in [3.63, 3.8) is 0 Å². The topological polar surface area (TPSA) is 76.7 Å². The number of allylic oxidation sites excluding steroid dienone is 2. The largest absolute Gasteiger partial charge is 0.493 e. The Labute approximate surface area is 198 Å². The molecule has 0 spiro atoms. The third kappa shape index (κ3) is 3.77. The molecule has 5 rings (SSSR count). The predicted molar refractivity (Wildman–Crippen MR) is 130 cm³/mol. The van der Waals surface area contributed by atoms with Gasteiger partial charge >= 0.3 is 0 Å². The van der Waals surface area contributed by atoms with E-state index in [1.807, 2.05) is 18.2 Å². The maximum absolute atomic E-state index is 14.0. The number of methoxy groups -OCH3 is 2. The van der Waals surface area contributed by atoms with E-state index in [0.29, 0.717) is 11.5 Å². The Morgan fingerprint density at radius 2 is 1.82 bits per heavy atom. The van der Waals surface area contributed by atoms with Crippen molar-refractivity contribution in [2.24, 2.45) is 5.92 Å². The highest BCUT2D eigenvalue weighted by atomic mass is 32.2. The second-order valence-corrected chi connectivity index (χ2v) is 10.1. The SMILES string of the molecule is COc1cccc([C@H]2Nc3ccc(S(=O)(=O)Nc4ccccc4F)cc3[C@@H]3C=CC[C@H]23)c1OC. The van der Waals surface area contributed by atoms with Gasteiger partial charge in [0, 0.05) is 17.2 Å². The molecule has 34 heavy (non-hydrogen) atoms. The molecule has 3 aromatic rings. The maximum Gasteiger partial charge on any atom is 0.261 e. The molecule has 1 aliphatic heterocycles. The van der Waals surface area contributed by atoms with E-state index in [9.17, 15) is 12.8 Å². The summed E-state index contributed by atoms with van der Waals surface area (Å²) in [5.41, 5.74) is 2.66. The number of hydrogen-bond donors (Lipinski definition) is 2. The molecule has 0 bridgehead atoms. The van der Waals surface area contributed by atoms with Crippen molar-refractivity contribution >= 4 is 21.4 Å². The minimum absolute atomic E-state index is 0.0285. The summed E-state index contributed by atoms with van der Waals surface area (Å²) in [6.45, 7) is 0. The zero-order valence-corrected chi connectivity index (χ0v) is 19.6. The number of rotatable bonds is 6. The lowest BCUT2D eigenvalue weighted by molar-refractivity contribution is 0.341. The van der Waals surface area contributed by atoms with Gasteiger partial charge in [-0.3, -0.25) is 4.72 Å². The zero-order chi connectivity index (χ0) is 23.9. The number of sulfonamides is 1. The highest BCUT2D eigenvalue weighted by Crippen LogP contribution is 2.52. The zero-order valence-electron chi connectivity index (χ0n) is 18.8. The van der Waals surface area contributed by atoms with E-state index in [1.165, 1.54) is 24.3 Å². The molecular formula is C26H25FN2O4S. The fourth-order valence-corrected chi connectivity index (χ4v) is 6.05. The van der Waals surface area contributed by atoms with Crippen molar-refractivity contribution in [3.8, 4) is 11.5 Å².